The van der Waals surface area contributed by atoms with Gasteiger partial charge in [-0.05, 0) is 31.0 Å². The topological polar surface area (TPSA) is 49.3 Å². The molecule has 16 heavy (non-hydrogen) atoms. The number of rotatable bonds is 5. The van der Waals surface area contributed by atoms with Gasteiger partial charge in [0.15, 0.2) is 0 Å². The molecule has 1 rings (SSSR count). The van der Waals surface area contributed by atoms with Crippen molar-refractivity contribution < 1.29 is 9.90 Å². The van der Waals surface area contributed by atoms with E-state index in [0.29, 0.717) is 6.42 Å². The van der Waals surface area contributed by atoms with Crippen LogP contribution in [0.1, 0.15) is 31.9 Å². The Labute approximate surface area is 104 Å². The summed E-state index contributed by atoms with van der Waals surface area (Å²) in [5, 5.41) is 12.0. The standard InChI is InChI=1S/C12H16BrNO2/c1-3-11(12(15)16)14-8(2)9-5-4-6-10(13)7-9/h4-8,11,14H,3H2,1-2H3,(H,15,16)/t8-,11?/m1/s1. The summed E-state index contributed by atoms with van der Waals surface area (Å²) < 4.78 is 1.00. The molecule has 1 unspecified atom stereocenters. The van der Waals surface area contributed by atoms with Gasteiger partial charge in [-0.25, -0.2) is 0 Å². The molecule has 0 fully saturated rings. The summed E-state index contributed by atoms with van der Waals surface area (Å²) in [5.74, 6) is -0.802. The number of aliphatic carboxylic acids is 1. The quantitative estimate of drug-likeness (QED) is 0.875. The summed E-state index contributed by atoms with van der Waals surface area (Å²) in [6, 6.07) is 7.40. The Bertz CT molecular complexity index is 368. The Kier molecular flexibility index (Phi) is 4.96. The first-order valence-electron chi connectivity index (χ1n) is 5.29. The zero-order chi connectivity index (χ0) is 12.1. The first kappa shape index (κ1) is 13.2. The van der Waals surface area contributed by atoms with E-state index in [1.807, 2.05) is 38.1 Å². The van der Waals surface area contributed by atoms with Crippen molar-refractivity contribution in [3.63, 3.8) is 0 Å². The molecule has 0 heterocycles. The van der Waals surface area contributed by atoms with Crippen LogP contribution >= 0.6 is 15.9 Å². The van der Waals surface area contributed by atoms with Gasteiger partial charge in [-0.15, -0.1) is 0 Å². The van der Waals surface area contributed by atoms with Crippen molar-refractivity contribution in [3.8, 4) is 0 Å². The minimum atomic E-state index is -0.802. The van der Waals surface area contributed by atoms with Crippen LogP contribution in [0.4, 0.5) is 0 Å². The van der Waals surface area contributed by atoms with Crippen LogP contribution in [-0.2, 0) is 4.79 Å². The van der Waals surface area contributed by atoms with Crippen molar-refractivity contribution in [2.75, 3.05) is 0 Å². The van der Waals surface area contributed by atoms with Crippen LogP contribution in [0, 0.1) is 0 Å². The second kappa shape index (κ2) is 6.01. The van der Waals surface area contributed by atoms with Crippen molar-refractivity contribution in [1.29, 1.82) is 0 Å². The van der Waals surface area contributed by atoms with Gasteiger partial charge in [0.2, 0.25) is 0 Å². The molecule has 0 aromatic heterocycles. The third-order valence-electron chi connectivity index (χ3n) is 2.51. The van der Waals surface area contributed by atoms with E-state index < -0.39 is 12.0 Å². The van der Waals surface area contributed by atoms with Gasteiger partial charge in [0.1, 0.15) is 6.04 Å². The third kappa shape index (κ3) is 3.61. The maximum Gasteiger partial charge on any atom is 0.320 e. The zero-order valence-electron chi connectivity index (χ0n) is 9.40. The van der Waals surface area contributed by atoms with E-state index in [2.05, 4.69) is 21.2 Å². The first-order valence-corrected chi connectivity index (χ1v) is 6.08. The molecule has 4 heteroatoms. The van der Waals surface area contributed by atoms with Crippen LogP contribution in [0.25, 0.3) is 0 Å². The molecule has 0 radical (unpaired) electrons. The third-order valence-corrected chi connectivity index (χ3v) is 3.00. The largest absolute Gasteiger partial charge is 0.480 e. The lowest BCUT2D eigenvalue weighted by Gasteiger charge is -2.19. The molecule has 0 bridgehead atoms. The number of nitrogens with one attached hydrogen (secondary N) is 1. The van der Waals surface area contributed by atoms with E-state index in [4.69, 9.17) is 5.11 Å². The fourth-order valence-electron chi connectivity index (χ4n) is 1.54. The van der Waals surface area contributed by atoms with Crippen LogP contribution in [-0.4, -0.2) is 17.1 Å². The van der Waals surface area contributed by atoms with Crippen LogP contribution in [0.15, 0.2) is 28.7 Å². The van der Waals surface area contributed by atoms with E-state index in [-0.39, 0.29) is 6.04 Å². The molecule has 0 amide bonds. The Morgan fingerprint density at radius 2 is 2.25 bits per heavy atom. The number of carbonyl (C=O) groups is 1. The van der Waals surface area contributed by atoms with Gasteiger partial charge in [0.25, 0.3) is 0 Å². The number of halogens is 1. The van der Waals surface area contributed by atoms with E-state index in [0.717, 1.165) is 10.0 Å². The Hall–Kier alpha value is -0.870. The Morgan fingerprint density at radius 3 is 2.75 bits per heavy atom. The normalized spacial score (nSPS) is 14.4. The molecular formula is C12H16BrNO2. The SMILES string of the molecule is CCC(N[C@H](C)c1cccc(Br)c1)C(=O)O. The van der Waals surface area contributed by atoms with Crippen molar-refractivity contribution in [2.45, 2.75) is 32.4 Å². The summed E-state index contributed by atoms with van der Waals surface area (Å²) in [6.45, 7) is 3.83. The number of carboxylic acids is 1. The maximum atomic E-state index is 10.9. The van der Waals surface area contributed by atoms with Gasteiger partial charge >= 0.3 is 5.97 Å². The summed E-state index contributed by atoms with van der Waals surface area (Å²) in [7, 11) is 0. The fraction of sp³-hybridized carbons (Fsp3) is 0.417. The number of hydrogen-bond acceptors (Lipinski definition) is 2. The molecule has 0 saturated carbocycles. The predicted octanol–water partition coefficient (Wildman–Crippen LogP) is 2.96. The lowest BCUT2D eigenvalue weighted by Crippen LogP contribution is -2.37. The second-order valence-electron chi connectivity index (χ2n) is 3.74. The molecule has 3 nitrogen and oxygen atoms in total. The Balaban J connectivity index is 2.71. The lowest BCUT2D eigenvalue weighted by molar-refractivity contribution is -0.139. The van der Waals surface area contributed by atoms with Gasteiger partial charge < -0.3 is 5.11 Å². The van der Waals surface area contributed by atoms with E-state index in [1.165, 1.54) is 0 Å². The highest BCUT2D eigenvalue weighted by molar-refractivity contribution is 9.10. The van der Waals surface area contributed by atoms with Gasteiger partial charge in [-0.1, -0.05) is 35.0 Å². The number of benzene rings is 1. The highest BCUT2D eigenvalue weighted by atomic mass is 79.9. The van der Waals surface area contributed by atoms with Gasteiger partial charge in [0, 0.05) is 10.5 Å². The van der Waals surface area contributed by atoms with Gasteiger partial charge in [-0.3, -0.25) is 10.1 Å². The van der Waals surface area contributed by atoms with E-state index in [1.54, 1.807) is 0 Å². The average Bonchev–Trinajstić information content (AvgIpc) is 2.25. The summed E-state index contributed by atoms with van der Waals surface area (Å²) in [5.41, 5.74) is 1.08. The number of hydrogen-bond donors (Lipinski definition) is 2. The lowest BCUT2D eigenvalue weighted by atomic mass is 10.1. The molecule has 1 aromatic carbocycles. The second-order valence-corrected chi connectivity index (χ2v) is 4.66. The van der Waals surface area contributed by atoms with Crippen molar-refractivity contribution in [1.82, 2.24) is 5.32 Å². The van der Waals surface area contributed by atoms with Crippen molar-refractivity contribution in [2.24, 2.45) is 0 Å². The van der Waals surface area contributed by atoms with Gasteiger partial charge in [0.05, 0.1) is 0 Å². The van der Waals surface area contributed by atoms with E-state index in [9.17, 15) is 4.79 Å². The van der Waals surface area contributed by atoms with Crippen LogP contribution in [0.2, 0.25) is 0 Å². The highest BCUT2D eigenvalue weighted by Crippen LogP contribution is 2.18. The molecule has 1 aromatic rings. The molecule has 0 aliphatic heterocycles. The molecule has 2 N–H and O–H groups in total. The monoisotopic (exact) mass is 285 g/mol. The summed E-state index contributed by atoms with van der Waals surface area (Å²) in [6.07, 6.45) is 0.577. The Morgan fingerprint density at radius 1 is 1.56 bits per heavy atom. The summed E-state index contributed by atoms with van der Waals surface area (Å²) in [4.78, 5) is 10.9. The van der Waals surface area contributed by atoms with Crippen LogP contribution in [0.3, 0.4) is 0 Å². The van der Waals surface area contributed by atoms with Crippen LogP contribution < -0.4 is 5.32 Å². The maximum absolute atomic E-state index is 10.9. The van der Waals surface area contributed by atoms with Crippen molar-refractivity contribution >= 4 is 21.9 Å². The molecule has 88 valence electrons. The minimum absolute atomic E-state index is 0.0264. The zero-order valence-corrected chi connectivity index (χ0v) is 11.0. The molecule has 0 saturated heterocycles. The molecular weight excluding hydrogens is 270 g/mol. The minimum Gasteiger partial charge on any atom is -0.480 e. The predicted molar refractivity (Wildman–Crippen MR) is 67.4 cm³/mol. The highest BCUT2D eigenvalue weighted by Gasteiger charge is 2.17. The molecule has 0 aliphatic carbocycles. The number of carboxylic acid groups (broad SMARTS) is 1. The smallest absolute Gasteiger partial charge is 0.320 e. The molecule has 0 spiro atoms. The first-order chi connectivity index (χ1) is 7.54. The van der Waals surface area contributed by atoms with Crippen molar-refractivity contribution in [3.05, 3.63) is 34.3 Å². The van der Waals surface area contributed by atoms with E-state index >= 15 is 0 Å². The fourth-order valence-corrected chi connectivity index (χ4v) is 1.95. The molecule has 0 aliphatic rings. The summed E-state index contributed by atoms with van der Waals surface area (Å²) >= 11 is 3.40. The van der Waals surface area contributed by atoms with Gasteiger partial charge in [-0.2, -0.15) is 0 Å². The van der Waals surface area contributed by atoms with Crippen LogP contribution in [0.5, 0.6) is 0 Å². The average molecular weight is 286 g/mol. The molecule has 2 atom stereocenters.